The first-order valence-electron chi connectivity index (χ1n) is 15.8. The fourth-order valence-electron chi connectivity index (χ4n) is 6.60. The number of nitrogens with one attached hydrogen (secondary N) is 1. The number of nitrogens with zero attached hydrogens (tertiary/aromatic N) is 1. The van der Waals surface area contributed by atoms with Crippen molar-refractivity contribution in [2.75, 3.05) is 31.8 Å². The van der Waals surface area contributed by atoms with Crippen molar-refractivity contribution in [2.24, 2.45) is 5.92 Å². The smallest absolute Gasteiger partial charge is 0.309 e. The molecule has 2 heterocycles. The molecule has 3 aromatic carbocycles. The Morgan fingerprint density at radius 1 is 0.932 bits per heavy atom. The Hall–Kier alpha value is -4.04. The fourth-order valence-corrected chi connectivity index (χ4v) is 6.60. The van der Waals surface area contributed by atoms with Crippen LogP contribution in [0.1, 0.15) is 79.8 Å². The van der Waals surface area contributed by atoms with Crippen LogP contribution in [0.3, 0.4) is 0 Å². The molecule has 0 spiro atoms. The zero-order valence-corrected chi connectivity index (χ0v) is 26.2. The molecule has 1 amide bonds. The molecule has 1 saturated heterocycles. The minimum atomic E-state index is -0.902. The number of unbranched alkanes of at least 4 members (excludes halogenated alkanes) is 2. The lowest BCUT2D eigenvalue weighted by Gasteiger charge is -2.27. The van der Waals surface area contributed by atoms with Gasteiger partial charge in [0.25, 0.3) is 0 Å². The van der Waals surface area contributed by atoms with Gasteiger partial charge in [0.05, 0.1) is 19.1 Å². The van der Waals surface area contributed by atoms with Gasteiger partial charge in [-0.2, -0.15) is 0 Å². The molecule has 234 valence electrons. The third-order valence-electron chi connectivity index (χ3n) is 8.77. The molecule has 1 fully saturated rings. The number of benzene rings is 3. The molecule has 1 unspecified atom stereocenters. The number of amides is 1. The van der Waals surface area contributed by atoms with E-state index >= 15 is 0 Å². The molecule has 0 radical (unpaired) electrons. The van der Waals surface area contributed by atoms with E-state index in [9.17, 15) is 14.7 Å². The zero-order chi connectivity index (χ0) is 31.2. The molecule has 3 atom stereocenters. The van der Waals surface area contributed by atoms with Crippen molar-refractivity contribution in [3.63, 3.8) is 0 Å². The summed E-state index contributed by atoms with van der Waals surface area (Å²) in [5.74, 6) is -0.183. The molecule has 0 aromatic heterocycles. The number of carbonyl (C=O) groups is 2. The average molecular weight is 601 g/mol. The second-order valence-corrected chi connectivity index (χ2v) is 11.8. The highest BCUT2D eigenvalue weighted by molar-refractivity contribution is 5.94. The predicted molar refractivity (Wildman–Crippen MR) is 171 cm³/mol. The van der Waals surface area contributed by atoms with Gasteiger partial charge in [-0.25, -0.2) is 0 Å². The maximum atomic E-state index is 13.7. The number of carboxylic acids is 1. The second-order valence-electron chi connectivity index (χ2n) is 11.8. The van der Waals surface area contributed by atoms with Crippen molar-refractivity contribution in [3.05, 3.63) is 82.4 Å². The van der Waals surface area contributed by atoms with Crippen molar-refractivity contribution in [2.45, 2.75) is 71.8 Å². The van der Waals surface area contributed by atoms with Gasteiger partial charge in [0, 0.05) is 24.2 Å². The Morgan fingerprint density at radius 3 is 2.27 bits per heavy atom. The van der Waals surface area contributed by atoms with Crippen molar-refractivity contribution in [1.29, 1.82) is 0 Å². The Morgan fingerprint density at radius 2 is 1.61 bits per heavy atom. The van der Waals surface area contributed by atoms with Gasteiger partial charge in [0.2, 0.25) is 12.7 Å². The summed E-state index contributed by atoms with van der Waals surface area (Å²) in [5, 5.41) is 13.8. The van der Waals surface area contributed by atoms with E-state index in [1.54, 1.807) is 0 Å². The van der Waals surface area contributed by atoms with Crippen LogP contribution < -0.4 is 19.5 Å². The number of aliphatic carboxylic acids is 1. The van der Waals surface area contributed by atoms with E-state index in [1.807, 2.05) is 47.4 Å². The summed E-state index contributed by atoms with van der Waals surface area (Å²) in [5.41, 5.74) is 5.94. The highest BCUT2D eigenvalue weighted by Crippen LogP contribution is 2.47. The van der Waals surface area contributed by atoms with Crippen molar-refractivity contribution in [1.82, 2.24) is 4.90 Å². The summed E-state index contributed by atoms with van der Waals surface area (Å²) in [6, 6.07) is 17.0. The number of aryl methyl sites for hydroxylation is 3. The number of fused-ring (bicyclic) bond motifs is 1. The highest BCUT2D eigenvalue weighted by Gasteiger charge is 2.48. The normalized spacial score (nSPS) is 19.2. The predicted octanol–water partition coefficient (Wildman–Crippen LogP) is 6.90. The molecule has 2 aliphatic rings. The van der Waals surface area contributed by atoms with E-state index < -0.39 is 17.9 Å². The first-order valence-corrected chi connectivity index (χ1v) is 15.8. The highest BCUT2D eigenvalue weighted by atomic mass is 16.7. The molecule has 8 nitrogen and oxygen atoms in total. The lowest BCUT2D eigenvalue weighted by Crippen LogP contribution is -2.35. The summed E-state index contributed by atoms with van der Waals surface area (Å²) in [7, 11) is 0. The van der Waals surface area contributed by atoms with Crippen LogP contribution in [-0.2, 0) is 22.4 Å². The SMILES string of the molecule is CCCCCOc1ccc([C@H]2C(C(=O)O)[C@@H](c3ccc4c(c3)OCO4)CN2CC(=O)Nc2c(CC)cc(C)cc2CC)cc1. The maximum Gasteiger partial charge on any atom is 0.309 e. The van der Waals surface area contributed by atoms with Crippen LogP contribution in [0.5, 0.6) is 17.2 Å². The third-order valence-corrected chi connectivity index (χ3v) is 8.77. The largest absolute Gasteiger partial charge is 0.494 e. The van der Waals surface area contributed by atoms with Crippen molar-refractivity contribution < 1.29 is 28.9 Å². The number of hydrogen-bond acceptors (Lipinski definition) is 6. The van der Waals surface area contributed by atoms with Gasteiger partial charge in [-0.15, -0.1) is 0 Å². The number of hydrogen-bond donors (Lipinski definition) is 2. The van der Waals surface area contributed by atoms with Crippen LogP contribution >= 0.6 is 0 Å². The van der Waals surface area contributed by atoms with E-state index in [0.29, 0.717) is 24.7 Å². The summed E-state index contributed by atoms with van der Waals surface area (Å²) >= 11 is 0. The van der Waals surface area contributed by atoms with Crippen LogP contribution in [0.15, 0.2) is 54.6 Å². The quantitative estimate of drug-likeness (QED) is 0.206. The molecule has 44 heavy (non-hydrogen) atoms. The summed E-state index contributed by atoms with van der Waals surface area (Å²) in [4.78, 5) is 28.7. The van der Waals surface area contributed by atoms with Gasteiger partial charge in [0.1, 0.15) is 5.75 Å². The zero-order valence-electron chi connectivity index (χ0n) is 26.2. The number of ether oxygens (including phenoxy) is 3. The van der Waals surface area contributed by atoms with Crippen molar-refractivity contribution >= 4 is 17.6 Å². The Bertz CT molecular complexity index is 1440. The molecule has 8 heteroatoms. The first kappa shape index (κ1) is 31.4. The summed E-state index contributed by atoms with van der Waals surface area (Å²) in [6.07, 6.45) is 4.83. The van der Waals surface area contributed by atoms with E-state index in [4.69, 9.17) is 14.2 Å². The number of rotatable bonds is 13. The minimum Gasteiger partial charge on any atom is -0.494 e. The average Bonchev–Trinajstić information content (AvgIpc) is 3.64. The molecule has 0 saturated carbocycles. The number of likely N-dealkylation sites (tertiary alicyclic amines) is 1. The van der Waals surface area contributed by atoms with Crippen LogP contribution in [-0.4, -0.2) is 48.4 Å². The van der Waals surface area contributed by atoms with Gasteiger partial charge in [-0.3, -0.25) is 14.5 Å². The van der Waals surface area contributed by atoms with Gasteiger partial charge < -0.3 is 24.6 Å². The van der Waals surface area contributed by atoms with Crippen LogP contribution in [0.4, 0.5) is 5.69 Å². The Balaban J connectivity index is 1.45. The van der Waals surface area contributed by atoms with Crippen LogP contribution in [0.2, 0.25) is 0 Å². The van der Waals surface area contributed by atoms with E-state index in [-0.39, 0.29) is 25.2 Å². The third kappa shape index (κ3) is 6.86. The molecule has 5 rings (SSSR count). The van der Waals surface area contributed by atoms with Crippen LogP contribution in [0.25, 0.3) is 0 Å². The first-order chi connectivity index (χ1) is 21.3. The number of anilines is 1. The molecular weight excluding hydrogens is 556 g/mol. The molecule has 2 N–H and O–H groups in total. The molecule has 0 aliphatic carbocycles. The number of carboxylic acid groups (broad SMARTS) is 1. The minimum absolute atomic E-state index is 0.0605. The maximum absolute atomic E-state index is 13.7. The van der Waals surface area contributed by atoms with Gasteiger partial charge in [-0.05, 0) is 72.7 Å². The second kappa shape index (κ2) is 14.2. The van der Waals surface area contributed by atoms with E-state index in [1.165, 1.54) is 5.56 Å². The molecule has 0 bridgehead atoms. The summed E-state index contributed by atoms with van der Waals surface area (Å²) < 4.78 is 17.0. The van der Waals surface area contributed by atoms with Gasteiger partial charge in [0.15, 0.2) is 11.5 Å². The van der Waals surface area contributed by atoms with Gasteiger partial charge in [-0.1, -0.05) is 69.5 Å². The van der Waals surface area contributed by atoms with Crippen LogP contribution in [0, 0.1) is 12.8 Å². The van der Waals surface area contributed by atoms with E-state index in [2.05, 4.69) is 45.1 Å². The molecular formula is C36H44N2O6. The van der Waals surface area contributed by atoms with Crippen molar-refractivity contribution in [3.8, 4) is 17.2 Å². The Labute approximate surface area is 260 Å². The molecule has 2 aliphatic heterocycles. The fraction of sp³-hybridized carbons (Fsp3) is 0.444. The molecule has 3 aromatic rings. The lowest BCUT2D eigenvalue weighted by atomic mass is 9.82. The van der Waals surface area contributed by atoms with Gasteiger partial charge >= 0.3 is 5.97 Å². The Kier molecular flexibility index (Phi) is 10.1. The lowest BCUT2D eigenvalue weighted by molar-refractivity contribution is -0.143. The van der Waals surface area contributed by atoms with E-state index in [0.717, 1.165) is 65.8 Å². The summed E-state index contributed by atoms with van der Waals surface area (Å²) in [6.45, 7) is 9.66. The monoisotopic (exact) mass is 600 g/mol. The standard InChI is InChI=1S/C36H44N2O6/c1-5-8-9-16-42-28-13-10-26(11-14-28)35-33(36(40)41)29(27-12-15-30-31(19-27)44-22-43-30)20-38(35)21-32(39)37-34-24(6-2)17-23(4)18-25(34)7-3/h10-15,17-19,29,33,35H,5-9,16,20-22H2,1-4H3,(H,37,39)(H,40,41)/t29-,33?,35+/m1/s1. The number of carbonyl (C=O) groups excluding carboxylic acids is 1. The topological polar surface area (TPSA) is 97.3 Å².